The third kappa shape index (κ3) is 4.46. The van der Waals surface area contributed by atoms with E-state index in [4.69, 9.17) is 22.1 Å². The molecule has 0 aliphatic carbocycles. The summed E-state index contributed by atoms with van der Waals surface area (Å²) < 4.78 is 7.71. The number of nitrogens with zero attached hydrogens (tertiary/aromatic N) is 3. The Morgan fingerprint density at radius 3 is 2.93 bits per heavy atom. The fraction of sp³-hybridized carbons (Fsp3) is 0.238. The second-order valence-corrected chi connectivity index (χ2v) is 7.26. The van der Waals surface area contributed by atoms with Gasteiger partial charge in [-0.05, 0) is 41.8 Å². The first-order valence-corrected chi connectivity index (χ1v) is 9.79. The third-order valence-corrected chi connectivity index (χ3v) is 5.20. The number of urea groups is 1. The largest absolute Gasteiger partial charge is 0.490 e. The van der Waals surface area contributed by atoms with Crippen molar-refractivity contribution in [3.63, 3.8) is 0 Å². The first-order valence-electron chi connectivity index (χ1n) is 9.41. The number of carbonyl (C=O) groups excluding carboxylic acids is 1. The number of amides is 2. The number of nitrogens with one attached hydrogen (secondary N) is 1. The van der Waals surface area contributed by atoms with E-state index in [0.29, 0.717) is 37.0 Å². The molecule has 0 radical (unpaired) electrons. The van der Waals surface area contributed by atoms with Crippen molar-refractivity contribution in [1.82, 2.24) is 9.55 Å². The number of rotatable bonds is 7. The second kappa shape index (κ2) is 8.45. The standard InChI is InChI=1S/C21H22ClN5O2/c22-18-11-15(1-4-20(18)29-10-9-26-8-6-24-14-26)13-25-17-3-2-16-5-7-27(21(23)28)19(16)12-17/h1-4,6,8,11-12,14,25H,5,7,9-10,13H2,(H2,23,28). The molecular weight excluding hydrogens is 390 g/mol. The number of halogens is 1. The maximum atomic E-state index is 11.6. The minimum absolute atomic E-state index is 0.420. The van der Waals surface area contributed by atoms with Crippen molar-refractivity contribution >= 4 is 29.0 Å². The van der Waals surface area contributed by atoms with E-state index in [0.717, 1.165) is 28.9 Å². The van der Waals surface area contributed by atoms with Crippen molar-refractivity contribution in [2.75, 3.05) is 23.4 Å². The molecule has 0 bridgehead atoms. The molecule has 2 amide bonds. The molecule has 4 rings (SSSR count). The van der Waals surface area contributed by atoms with Gasteiger partial charge in [-0.15, -0.1) is 0 Å². The Kier molecular flexibility index (Phi) is 5.57. The van der Waals surface area contributed by atoms with Gasteiger partial charge in [0.2, 0.25) is 0 Å². The lowest BCUT2D eigenvalue weighted by Gasteiger charge is -2.16. The second-order valence-electron chi connectivity index (χ2n) is 6.85. The number of fused-ring (bicyclic) bond motifs is 1. The van der Waals surface area contributed by atoms with Gasteiger partial charge in [0.15, 0.2) is 0 Å². The molecule has 3 aromatic rings. The van der Waals surface area contributed by atoms with E-state index < -0.39 is 6.03 Å². The molecule has 1 aliphatic rings. The van der Waals surface area contributed by atoms with Gasteiger partial charge in [-0.1, -0.05) is 23.7 Å². The molecule has 29 heavy (non-hydrogen) atoms. The molecule has 1 aromatic heterocycles. The number of hydrogen-bond acceptors (Lipinski definition) is 4. The van der Waals surface area contributed by atoms with Crippen LogP contribution in [-0.4, -0.2) is 28.7 Å². The highest BCUT2D eigenvalue weighted by Crippen LogP contribution is 2.31. The van der Waals surface area contributed by atoms with Crippen LogP contribution in [0.4, 0.5) is 16.2 Å². The van der Waals surface area contributed by atoms with E-state index in [1.165, 1.54) is 0 Å². The van der Waals surface area contributed by atoms with Crippen LogP contribution in [0.25, 0.3) is 0 Å². The summed E-state index contributed by atoms with van der Waals surface area (Å²) in [6.07, 6.45) is 6.21. The van der Waals surface area contributed by atoms with Crippen molar-refractivity contribution in [2.24, 2.45) is 5.73 Å². The summed E-state index contributed by atoms with van der Waals surface area (Å²) in [6, 6.07) is 11.3. The molecule has 0 fully saturated rings. The number of primary amides is 1. The molecule has 0 unspecified atom stereocenters. The van der Waals surface area contributed by atoms with Crippen LogP contribution in [0, 0.1) is 0 Å². The Morgan fingerprint density at radius 1 is 1.28 bits per heavy atom. The average molecular weight is 412 g/mol. The molecule has 8 heteroatoms. The number of hydrogen-bond donors (Lipinski definition) is 2. The van der Waals surface area contributed by atoms with Crippen LogP contribution < -0.4 is 20.7 Å². The highest BCUT2D eigenvalue weighted by atomic mass is 35.5. The van der Waals surface area contributed by atoms with Gasteiger partial charge in [0.05, 0.1) is 23.6 Å². The van der Waals surface area contributed by atoms with Crippen LogP contribution in [-0.2, 0) is 19.5 Å². The molecule has 7 nitrogen and oxygen atoms in total. The number of anilines is 2. The Morgan fingerprint density at radius 2 is 2.17 bits per heavy atom. The fourth-order valence-electron chi connectivity index (χ4n) is 3.37. The molecule has 1 aliphatic heterocycles. The van der Waals surface area contributed by atoms with E-state index in [1.54, 1.807) is 17.4 Å². The molecule has 0 spiro atoms. The maximum Gasteiger partial charge on any atom is 0.319 e. The summed E-state index contributed by atoms with van der Waals surface area (Å²) in [4.78, 5) is 17.2. The summed E-state index contributed by atoms with van der Waals surface area (Å²) in [5, 5.41) is 3.94. The Balaban J connectivity index is 1.35. The lowest BCUT2D eigenvalue weighted by atomic mass is 10.1. The van der Waals surface area contributed by atoms with Crippen molar-refractivity contribution in [3.8, 4) is 5.75 Å². The molecular formula is C21H22ClN5O2. The minimum atomic E-state index is -0.420. The summed E-state index contributed by atoms with van der Waals surface area (Å²) >= 11 is 6.37. The normalized spacial score (nSPS) is 12.7. The molecule has 0 saturated carbocycles. The van der Waals surface area contributed by atoms with E-state index in [1.807, 2.05) is 47.2 Å². The van der Waals surface area contributed by atoms with Crippen LogP contribution in [0.5, 0.6) is 5.75 Å². The first-order chi connectivity index (χ1) is 14.1. The summed E-state index contributed by atoms with van der Waals surface area (Å²) in [7, 11) is 0. The Hall–Kier alpha value is -3.19. The predicted molar refractivity (Wildman–Crippen MR) is 114 cm³/mol. The summed E-state index contributed by atoms with van der Waals surface area (Å²) in [5.74, 6) is 0.658. The lowest BCUT2D eigenvalue weighted by molar-refractivity contribution is 0.254. The van der Waals surface area contributed by atoms with Gasteiger partial charge in [0, 0.05) is 31.2 Å². The van der Waals surface area contributed by atoms with Gasteiger partial charge in [0.1, 0.15) is 12.4 Å². The smallest absolute Gasteiger partial charge is 0.319 e. The van der Waals surface area contributed by atoms with Gasteiger partial charge in [0.25, 0.3) is 0 Å². The van der Waals surface area contributed by atoms with Gasteiger partial charge >= 0.3 is 6.03 Å². The van der Waals surface area contributed by atoms with Crippen LogP contribution >= 0.6 is 11.6 Å². The van der Waals surface area contributed by atoms with Gasteiger partial charge in [-0.25, -0.2) is 9.78 Å². The van der Waals surface area contributed by atoms with Crippen molar-refractivity contribution in [1.29, 1.82) is 0 Å². The molecule has 2 heterocycles. The van der Waals surface area contributed by atoms with Gasteiger partial charge in [-0.3, -0.25) is 4.90 Å². The topological polar surface area (TPSA) is 85.4 Å². The van der Waals surface area contributed by atoms with Crippen LogP contribution in [0.2, 0.25) is 5.02 Å². The SMILES string of the molecule is NC(=O)N1CCc2ccc(NCc3ccc(OCCn4ccnc4)c(Cl)c3)cc21. The highest BCUT2D eigenvalue weighted by Gasteiger charge is 2.22. The van der Waals surface area contributed by atoms with Crippen LogP contribution in [0.3, 0.4) is 0 Å². The fourth-order valence-corrected chi connectivity index (χ4v) is 3.63. The maximum absolute atomic E-state index is 11.6. The number of aromatic nitrogens is 2. The van der Waals surface area contributed by atoms with Crippen LogP contribution in [0.1, 0.15) is 11.1 Å². The third-order valence-electron chi connectivity index (χ3n) is 4.91. The number of imidazole rings is 1. The Labute approximate surface area is 174 Å². The highest BCUT2D eigenvalue weighted by molar-refractivity contribution is 6.32. The van der Waals surface area contributed by atoms with Crippen molar-refractivity contribution in [2.45, 2.75) is 19.5 Å². The molecule has 3 N–H and O–H groups in total. The van der Waals surface area contributed by atoms with Gasteiger partial charge in [-0.2, -0.15) is 0 Å². The van der Waals surface area contributed by atoms with Crippen LogP contribution in [0.15, 0.2) is 55.1 Å². The zero-order valence-corrected chi connectivity index (χ0v) is 16.6. The number of ether oxygens (including phenoxy) is 1. The van der Waals surface area contributed by atoms with Gasteiger partial charge < -0.3 is 20.4 Å². The average Bonchev–Trinajstić information content (AvgIpc) is 3.37. The Bertz CT molecular complexity index is 1010. The number of nitrogens with two attached hydrogens (primary N) is 1. The molecule has 150 valence electrons. The number of benzene rings is 2. The first kappa shape index (κ1) is 19.1. The molecule has 0 atom stereocenters. The van der Waals surface area contributed by atoms with E-state index in [2.05, 4.69) is 10.3 Å². The van der Waals surface area contributed by atoms with Crippen molar-refractivity contribution in [3.05, 3.63) is 71.3 Å². The molecule has 2 aromatic carbocycles. The summed E-state index contributed by atoms with van der Waals surface area (Å²) in [6.45, 7) is 2.45. The quantitative estimate of drug-likeness (QED) is 0.621. The predicted octanol–water partition coefficient (Wildman–Crippen LogP) is 3.67. The molecule has 0 saturated heterocycles. The summed E-state index contributed by atoms with van der Waals surface area (Å²) in [5.41, 5.74) is 9.42. The zero-order valence-electron chi connectivity index (χ0n) is 15.8. The zero-order chi connectivity index (χ0) is 20.2. The van der Waals surface area contributed by atoms with Crippen molar-refractivity contribution < 1.29 is 9.53 Å². The lowest BCUT2D eigenvalue weighted by Crippen LogP contribution is -2.33. The minimum Gasteiger partial charge on any atom is -0.490 e. The van der Waals surface area contributed by atoms with E-state index >= 15 is 0 Å². The van der Waals surface area contributed by atoms with E-state index in [9.17, 15) is 4.79 Å². The van der Waals surface area contributed by atoms with E-state index in [-0.39, 0.29) is 0 Å². The number of carbonyl (C=O) groups is 1. The monoisotopic (exact) mass is 411 g/mol.